The Morgan fingerprint density at radius 3 is 3.00 bits per heavy atom. The van der Waals surface area contributed by atoms with Crippen LogP contribution in [0.5, 0.6) is 0 Å². The van der Waals surface area contributed by atoms with Gasteiger partial charge in [0, 0.05) is 30.8 Å². The lowest BCUT2D eigenvalue weighted by Crippen LogP contribution is -2.60. The van der Waals surface area contributed by atoms with Crippen molar-refractivity contribution in [3.8, 4) is 0 Å². The second-order valence-corrected chi connectivity index (χ2v) is 5.97. The van der Waals surface area contributed by atoms with Crippen molar-refractivity contribution in [2.24, 2.45) is 16.3 Å². The predicted octanol–water partition coefficient (Wildman–Crippen LogP) is 1.47. The summed E-state index contributed by atoms with van der Waals surface area (Å²) >= 11 is 0. The van der Waals surface area contributed by atoms with Crippen molar-refractivity contribution in [3.63, 3.8) is 0 Å². The molecule has 6 nitrogen and oxygen atoms in total. The van der Waals surface area contributed by atoms with Crippen LogP contribution in [0.15, 0.2) is 23.5 Å². The van der Waals surface area contributed by atoms with Gasteiger partial charge < -0.3 is 21.0 Å². The predicted molar refractivity (Wildman–Crippen MR) is 81.2 cm³/mol. The van der Waals surface area contributed by atoms with Gasteiger partial charge in [-0.05, 0) is 31.0 Å². The van der Waals surface area contributed by atoms with Crippen LogP contribution in [0.4, 0.5) is 0 Å². The second kappa shape index (κ2) is 6.41. The van der Waals surface area contributed by atoms with Crippen molar-refractivity contribution in [3.05, 3.63) is 29.6 Å². The average molecular weight is 292 g/mol. The molecule has 0 amide bonds. The van der Waals surface area contributed by atoms with Gasteiger partial charge in [0.25, 0.3) is 0 Å². The third-order valence-corrected chi connectivity index (χ3v) is 4.29. The summed E-state index contributed by atoms with van der Waals surface area (Å²) in [6.07, 6.45) is 3.02. The first-order chi connectivity index (χ1) is 9.98. The highest BCUT2D eigenvalue weighted by Gasteiger charge is 2.48. The number of hydrogen-bond acceptors (Lipinski definition) is 5. The van der Waals surface area contributed by atoms with Crippen molar-refractivity contribution in [2.75, 3.05) is 6.61 Å². The number of nitrogens with zero attached hydrogens (tertiary/aromatic N) is 2. The van der Waals surface area contributed by atoms with Gasteiger partial charge in [0.2, 0.25) is 0 Å². The summed E-state index contributed by atoms with van der Waals surface area (Å²) in [5.41, 5.74) is 7.23. The summed E-state index contributed by atoms with van der Waals surface area (Å²) in [6.45, 7) is 7.96. The van der Waals surface area contributed by atoms with Gasteiger partial charge in [0.15, 0.2) is 5.84 Å². The molecule has 1 saturated carbocycles. The van der Waals surface area contributed by atoms with Gasteiger partial charge in [-0.25, -0.2) is 0 Å². The van der Waals surface area contributed by atoms with Crippen LogP contribution >= 0.6 is 0 Å². The Kier molecular flexibility index (Phi) is 4.80. The summed E-state index contributed by atoms with van der Waals surface area (Å²) in [5, 5.41) is 15.2. The van der Waals surface area contributed by atoms with E-state index in [2.05, 4.69) is 29.3 Å². The van der Waals surface area contributed by atoms with Crippen molar-refractivity contribution in [2.45, 2.75) is 45.9 Å². The molecule has 2 unspecified atom stereocenters. The van der Waals surface area contributed by atoms with E-state index in [-0.39, 0.29) is 11.3 Å². The lowest BCUT2D eigenvalue weighted by molar-refractivity contribution is -0.114. The molecule has 0 aliphatic heterocycles. The number of nitrogens with two attached hydrogens (primary N) is 1. The monoisotopic (exact) mass is 292 g/mol. The fourth-order valence-corrected chi connectivity index (χ4v) is 2.73. The summed E-state index contributed by atoms with van der Waals surface area (Å²) in [6, 6.07) is 4.18. The van der Waals surface area contributed by atoms with Gasteiger partial charge in [0.05, 0.1) is 6.10 Å². The molecular formula is C15H24N4O2. The number of rotatable bonds is 6. The minimum absolute atomic E-state index is 0.0252. The number of amidine groups is 1. The summed E-state index contributed by atoms with van der Waals surface area (Å²) in [7, 11) is 0. The van der Waals surface area contributed by atoms with Gasteiger partial charge in [-0.3, -0.25) is 4.98 Å². The first-order valence-corrected chi connectivity index (χ1v) is 7.26. The van der Waals surface area contributed by atoms with Crippen molar-refractivity contribution in [1.29, 1.82) is 0 Å². The molecule has 0 spiro atoms. The van der Waals surface area contributed by atoms with Crippen LogP contribution in [0, 0.1) is 5.41 Å². The van der Waals surface area contributed by atoms with E-state index in [0.717, 1.165) is 25.1 Å². The van der Waals surface area contributed by atoms with Gasteiger partial charge in [-0.2, -0.15) is 0 Å². The summed E-state index contributed by atoms with van der Waals surface area (Å²) in [4.78, 5) is 4.07. The molecule has 1 aliphatic rings. The second-order valence-electron chi connectivity index (χ2n) is 5.97. The van der Waals surface area contributed by atoms with Crippen molar-refractivity contribution in [1.82, 2.24) is 10.3 Å². The van der Waals surface area contributed by atoms with Crippen LogP contribution in [0.25, 0.3) is 0 Å². The fourth-order valence-electron chi connectivity index (χ4n) is 2.73. The highest BCUT2D eigenvalue weighted by Crippen LogP contribution is 2.42. The number of oxime groups is 1. The first kappa shape index (κ1) is 15.7. The van der Waals surface area contributed by atoms with E-state index in [1.807, 2.05) is 19.1 Å². The lowest BCUT2D eigenvalue weighted by Gasteiger charge is -2.52. The molecule has 6 heteroatoms. The minimum atomic E-state index is 0.0252. The molecule has 21 heavy (non-hydrogen) atoms. The Morgan fingerprint density at radius 1 is 1.62 bits per heavy atom. The molecule has 0 aromatic carbocycles. The molecule has 0 radical (unpaired) electrons. The third kappa shape index (κ3) is 3.33. The maximum Gasteiger partial charge on any atom is 0.188 e. The summed E-state index contributed by atoms with van der Waals surface area (Å²) < 4.78 is 5.73. The Morgan fingerprint density at radius 2 is 2.38 bits per heavy atom. The van der Waals surface area contributed by atoms with E-state index in [4.69, 9.17) is 15.7 Å². The highest BCUT2D eigenvalue weighted by molar-refractivity contribution is 5.95. The van der Waals surface area contributed by atoms with E-state index in [1.54, 1.807) is 6.20 Å². The van der Waals surface area contributed by atoms with Gasteiger partial charge in [-0.1, -0.05) is 19.0 Å². The Hall–Kier alpha value is -1.66. The molecule has 1 aliphatic carbocycles. The van der Waals surface area contributed by atoms with Gasteiger partial charge in [0.1, 0.15) is 5.69 Å². The smallest absolute Gasteiger partial charge is 0.188 e. The molecular weight excluding hydrogens is 268 g/mol. The fraction of sp³-hybridized carbons (Fsp3) is 0.600. The van der Waals surface area contributed by atoms with Crippen LogP contribution in [0.2, 0.25) is 0 Å². The van der Waals surface area contributed by atoms with E-state index in [9.17, 15) is 0 Å². The van der Waals surface area contributed by atoms with Gasteiger partial charge >= 0.3 is 0 Å². The van der Waals surface area contributed by atoms with E-state index < -0.39 is 0 Å². The molecule has 1 aromatic rings. The number of aromatic nitrogens is 1. The Labute approximate surface area is 125 Å². The molecule has 1 heterocycles. The molecule has 4 N–H and O–H groups in total. The molecule has 1 fully saturated rings. The van der Waals surface area contributed by atoms with E-state index in [0.29, 0.717) is 17.8 Å². The van der Waals surface area contributed by atoms with Crippen LogP contribution in [-0.4, -0.2) is 34.8 Å². The normalized spacial score (nSPS) is 24.6. The quantitative estimate of drug-likeness (QED) is 0.319. The number of ether oxygens (including phenoxy) is 1. The van der Waals surface area contributed by atoms with Crippen LogP contribution in [0.1, 0.15) is 38.4 Å². The SMILES string of the molecule is CCOC1CC(NCc2ccnc(/C(N)=N/O)c2)C1(C)C. The molecule has 2 rings (SSSR count). The maximum absolute atomic E-state index is 8.69. The molecule has 0 saturated heterocycles. The van der Waals surface area contributed by atoms with E-state index >= 15 is 0 Å². The zero-order valence-electron chi connectivity index (χ0n) is 12.8. The number of nitrogens with one attached hydrogen (secondary N) is 1. The van der Waals surface area contributed by atoms with E-state index in [1.165, 1.54) is 0 Å². The highest BCUT2D eigenvalue weighted by atomic mass is 16.5. The first-order valence-electron chi connectivity index (χ1n) is 7.26. The maximum atomic E-state index is 8.69. The van der Waals surface area contributed by atoms with Gasteiger partial charge in [-0.15, -0.1) is 0 Å². The average Bonchev–Trinajstić information content (AvgIpc) is 2.49. The lowest BCUT2D eigenvalue weighted by atomic mass is 9.64. The molecule has 1 aromatic heterocycles. The minimum Gasteiger partial charge on any atom is -0.409 e. The standard InChI is InChI=1S/C15H24N4O2/c1-4-21-13-8-12(15(13,2)3)18-9-10-5-6-17-11(7-10)14(16)19-20/h5-7,12-13,18,20H,4,8-9H2,1-3H3,(H2,16,19). The number of hydrogen-bond donors (Lipinski definition) is 3. The van der Waals surface area contributed by atoms with Crippen LogP contribution in [-0.2, 0) is 11.3 Å². The summed E-state index contributed by atoms with van der Waals surface area (Å²) in [5.74, 6) is 0.0252. The molecule has 0 bridgehead atoms. The van der Waals surface area contributed by atoms with Crippen LogP contribution in [0.3, 0.4) is 0 Å². The van der Waals surface area contributed by atoms with Crippen molar-refractivity contribution >= 4 is 5.84 Å². The van der Waals surface area contributed by atoms with Crippen molar-refractivity contribution < 1.29 is 9.94 Å². The Balaban J connectivity index is 1.93. The third-order valence-electron chi connectivity index (χ3n) is 4.29. The molecule has 2 atom stereocenters. The largest absolute Gasteiger partial charge is 0.409 e. The molecule has 116 valence electrons. The topological polar surface area (TPSA) is 92.8 Å². The number of pyridine rings is 1. The zero-order valence-corrected chi connectivity index (χ0v) is 12.8. The Bertz CT molecular complexity index is 516. The van der Waals surface area contributed by atoms with Crippen LogP contribution < -0.4 is 11.1 Å². The zero-order chi connectivity index (χ0) is 15.5.